The summed E-state index contributed by atoms with van der Waals surface area (Å²) in [4.78, 5) is 11.8. The number of hydrogen-bond donors (Lipinski definition) is 1. The average molecular weight is 195 g/mol. The van der Waals surface area contributed by atoms with E-state index in [4.69, 9.17) is 0 Å². The zero-order valence-electron chi connectivity index (χ0n) is 7.45. The van der Waals surface area contributed by atoms with Crippen LogP contribution in [-0.4, -0.2) is 18.9 Å². The molecule has 1 N–H and O–H groups in total. The maximum absolute atomic E-state index is 11.8. The van der Waals surface area contributed by atoms with Gasteiger partial charge in [-0.1, -0.05) is 0 Å². The molecule has 0 aromatic carbocycles. The van der Waals surface area contributed by atoms with Crippen LogP contribution >= 0.6 is 11.3 Å². The lowest BCUT2D eigenvalue weighted by molar-refractivity contribution is 0.0900. The fourth-order valence-electron chi connectivity index (χ4n) is 1.72. The van der Waals surface area contributed by atoms with E-state index in [0.29, 0.717) is 5.78 Å². The predicted octanol–water partition coefficient (Wildman–Crippen LogP) is 1.93. The van der Waals surface area contributed by atoms with Crippen molar-refractivity contribution in [3.63, 3.8) is 0 Å². The first-order chi connectivity index (χ1) is 6.38. The Morgan fingerprint density at radius 3 is 3.15 bits per heavy atom. The smallest absolute Gasteiger partial charge is 0.168 e. The number of piperidine rings is 1. The molecule has 1 aliphatic rings. The van der Waals surface area contributed by atoms with Gasteiger partial charge in [0.2, 0.25) is 0 Å². The van der Waals surface area contributed by atoms with E-state index in [1.54, 1.807) is 11.3 Å². The second-order valence-corrected chi connectivity index (χ2v) is 4.20. The van der Waals surface area contributed by atoms with Crippen molar-refractivity contribution in [2.45, 2.75) is 12.8 Å². The van der Waals surface area contributed by atoms with Crippen LogP contribution in [0.1, 0.15) is 23.2 Å². The SMILES string of the molecule is O=C(c1ccsc1)C1CCCNC1. The van der Waals surface area contributed by atoms with Crippen molar-refractivity contribution in [1.82, 2.24) is 5.32 Å². The molecule has 1 aromatic rings. The van der Waals surface area contributed by atoms with Gasteiger partial charge in [0, 0.05) is 23.4 Å². The van der Waals surface area contributed by atoms with Gasteiger partial charge < -0.3 is 5.32 Å². The second-order valence-electron chi connectivity index (χ2n) is 3.42. The number of ketones is 1. The van der Waals surface area contributed by atoms with Gasteiger partial charge in [-0.25, -0.2) is 0 Å². The first-order valence-corrected chi connectivity index (χ1v) is 5.59. The molecule has 0 radical (unpaired) electrons. The first-order valence-electron chi connectivity index (χ1n) is 4.65. The van der Waals surface area contributed by atoms with Gasteiger partial charge in [0.25, 0.3) is 0 Å². The number of Topliss-reactive ketones (excluding diaryl/α,β-unsaturated/α-hetero) is 1. The Morgan fingerprint density at radius 1 is 1.62 bits per heavy atom. The van der Waals surface area contributed by atoms with E-state index in [1.165, 1.54) is 0 Å². The normalized spacial score (nSPS) is 22.9. The van der Waals surface area contributed by atoms with Crippen LogP contribution in [0.4, 0.5) is 0 Å². The highest BCUT2D eigenvalue weighted by atomic mass is 32.1. The van der Waals surface area contributed by atoms with Crippen molar-refractivity contribution < 1.29 is 4.79 Å². The summed E-state index contributed by atoms with van der Waals surface area (Å²) in [5.41, 5.74) is 0.888. The van der Waals surface area contributed by atoms with E-state index < -0.39 is 0 Å². The molecule has 3 heteroatoms. The van der Waals surface area contributed by atoms with Gasteiger partial charge in [-0.2, -0.15) is 11.3 Å². The Bertz CT molecular complexity index is 275. The Hall–Kier alpha value is -0.670. The largest absolute Gasteiger partial charge is 0.316 e. The standard InChI is InChI=1S/C10H13NOS/c12-10(9-3-5-13-7-9)8-2-1-4-11-6-8/h3,5,7-8,11H,1-2,4,6H2. The van der Waals surface area contributed by atoms with Crippen LogP contribution in [0.5, 0.6) is 0 Å². The van der Waals surface area contributed by atoms with Gasteiger partial charge in [-0.3, -0.25) is 4.79 Å². The minimum absolute atomic E-state index is 0.211. The minimum Gasteiger partial charge on any atom is -0.316 e. The maximum Gasteiger partial charge on any atom is 0.168 e. The van der Waals surface area contributed by atoms with Gasteiger partial charge in [0.05, 0.1) is 0 Å². The lowest BCUT2D eigenvalue weighted by Gasteiger charge is -2.20. The zero-order chi connectivity index (χ0) is 9.10. The van der Waals surface area contributed by atoms with Crippen molar-refractivity contribution >= 4 is 17.1 Å². The van der Waals surface area contributed by atoms with Crippen LogP contribution in [0.3, 0.4) is 0 Å². The van der Waals surface area contributed by atoms with E-state index in [2.05, 4.69) is 5.32 Å². The summed E-state index contributed by atoms with van der Waals surface area (Å²) in [7, 11) is 0. The lowest BCUT2D eigenvalue weighted by Crippen LogP contribution is -2.34. The molecule has 1 unspecified atom stereocenters. The molecule has 0 spiro atoms. The van der Waals surface area contributed by atoms with Crippen molar-refractivity contribution in [1.29, 1.82) is 0 Å². The molecule has 1 fully saturated rings. The third kappa shape index (κ3) is 1.98. The summed E-state index contributed by atoms with van der Waals surface area (Å²) >= 11 is 1.59. The summed E-state index contributed by atoms with van der Waals surface area (Å²) < 4.78 is 0. The van der Waals surface area contributed by atoms with Crippen LogP contribution < -0.4 is 5.32 Å². The highest BCUT2D eigenvalue weighted by Crippen LogP contribution is 2.18. The van der Waals surface area contributed by atoms with E-state index in [9.17, 15) is 4.79 Å². The molecule has 2 nitrogen and oxygen atoms in total. The number of nitrogens with one attached hydrogen (secondary N) is 1. The quantitative estimate of drug-likeness (QED) is 0.731. The Kier molecular flexibility index (Phi) is 2.76. The van der Waals surface area contributed by atoms with Crippen LogP contribution in [0, 0.1) is 5.92 Å². The summed E-state index contributed by atoms with van der Waals surface area (Å²) in [5, 5.41) is 7.16. The molecule has 13 heavy (non-hydrogen) atoms. The van der Waals surface area contributed by atoms with Crippen molar-refractivity contribution in [2.75, 3.05) is 13.1 Å². The minimum atomic E-state index is 0.211. The van der Waals surface area contributed by atoms with Crippen molar-refractivity contribution in [2.24, 2.45) is 5.92 Å². The predicted molar refractivity (Wildman–Crippen MR) is 54.2 cm³/mol. The molecule has 2 rings (SSSR count). The molecule has 0 amide bonds. The molecule has 0 saturated carbocycles. The molecule has 2 heterocycles. The fourth-order valence-corrected chi connectivity index (χ4v) is 2.36. The van der Waals surface area contributed by atoms with E-state index in [0.717, 1.165) is 31.5 Å². The van der Waals surface area contributed by atoms with E-state index in [-0.39, 0.29) is 5.92 Å². The van der Waals surface area contributed by atoms with E-state index in [1.807, 2.05) is 16.8 Å². The second kappa shape index (κ2) is 4.03. The Morgan fingerprint density at radius 2 is 2.54 bits per heavy atom. The molecular weight excluding hydrogens is 182 g/mol. The average Bonchev–Trinajstić information content (AvgIpc) is 2.71. The van der Waals surface area contributed by atoms with Crippen molar-refractivity contribution in [3.05, 3.63) is 22.4 Å². The van der Waals surface area contributed by atoms with Crippen LogP contribution in [0.2, 0.25) is 0 Å². The molecule has 1 atom stereocenters. The molecular formula is C10H13NOS. The Labute approximate surface area is 82.0 Å². The van der Waals surface area contributed by atoms with Crippen LogP contribution in [-0.2, 0) is 0 Å². The van der Waals surface area contributed by atoms with Gasteiger partial charge in [0.15, 0.2) is 5.78 Å². The number of thiophene rings is 1. The molecule has 1 aliphatic heterocycles. The monoisotopic (exact) mass is 195 g/mol. The number of hydrogen-bond acceptors (Lipinski definition) is 3. The highest BCUT2D eigenvalue weighted by Gasteiger charge is 2.21. The number of carbonyl (C=O) groups excluding carboxylic acids is 1. The van der Waals surface area contributed by atoms with E-state index >= 15 is 0 Å². The summed E-state index contributed by atoms with van der Waals surface area (Å²) in [6.07, 6.45) is 2.17. The third-order valence-corrected chi connectivity index (χ3v) is 3.16. The topological polar surface area (TPSA) is 29.1 Å². The molecule has 0 aliphatic carbocycles. The van der Waals surface area contributed by atoms with Gasteiger partial charge in [-0.05, 0) is 30.8 Å². The van der Waals surface area contributed by atoms with Gasteiger partial charge >= 0.3 is 0 Å². The zero-order valence-corrected chi connectivity index (χ0v) is 8.27. The summed E-state index contributed by atoms with van der Waals surface area (Å²) in [6, 6.07) is 1.92. The van der Waals surface area contributed by atoms with Crippen LogP contribution in [0.15, 0.2) is 16.8 Å². The molecule has 1 saturated heterocycles. The van der Waals surface area contributed by atoms with Crippen LogP contribution in [0.25, 0.3) is 0 Å². The lowest BCUT2D eigenvalue weighted by atomic mass is 9.92. The molecule has 1 aromatic heterocycles. The van der Waals surface area contributed by atoms with Crippen molar-refractivity contribution in [3.8, 4) is 0 Å². The number of rotatable bonds is 2. The third-order valence-electron chi connectivity index (χ3n) is 2.47. The molecule has 70 valence electrons. The first kappa shape index (κ1) is 8.91. The number of carbonyl (C=O) groups is 1. The maximum atomic E-state index is 11.8. The van der Waals surface area contributed by atoms with Gasteiger partial charge in [-0.15, -0.1) is 0 Å². The fraction of sp³-hybridized carbons (Fsp3) is 0.500. The summed E-state index contributed by atoms with van der Waals surface area (Å²) in [6.45, 7) is 1.92. The summed E-state index contributed by atoms with van der Waals surface area (Å²) in [5.74, 6) is 0.525. The Balaban J connectivity index is 2.04. The molecule has 0 bridgehead atoms. The van der Waals surface area contributed by atoms with Gasteiger partial charge in [0.1, 0.15) is 0 Å². The highest BCUT2D eigenvalue weighted by molar-refractivity contribution is 7.08.